The van der Waals surface area contributed by atoms with Crippen molar-refractivity contribution in [2.24, 2.45) is 11.7 Å². The maximum Gasteiger partial charge on any atom is 0.307 e. The van der Waals surface area contributed by atoms with Crippen LogP contribution in [0, 0.1) is 5.92 Å². The molecule has 0 saturated heterocycles. The number of hydrogen-bond acceptors (Lipinski definition) is 4. The van der Waals surface area contributed by atoms with Gasteiger partial charge in [-0.05, 0) is 18.8 Å². The van der Waals surface area contributed by atoms with Crippen LogP contribution in [0.3, 0.4) is 0 Å². The summed E-state index contributed by atoms with van der Waals surface area (Å²) >= 11 is 0. The van der Waals surface area contributed by atoms with Crippen molar-refractivity contribution in [1.29, 1.82) is 0 Å². The molecule has 1 rings (SSSR count). The first kappa shape index (κ1) is 9.48. The van der Waals surface area contributed by atoms with Crippen LogP contribution in [-0.2, 0) is 9.53 Å². The summed E-state index contributed by atoms with van der Waals surface area (Å²) in [6.45, 7) is 0.144. The highest BCUT2D eigenvalue weighted by Crippen LogP contribution is 2.45. The second-order valence-corrected chi connectivity index (χ2v) is 3.40. The van der Waals surface area contributed by atoms with Gasteiger partial charge in [-0.2, -0.15) is 0 Å². The molecule has 12 heavy (non-hydrogen) atoms. The fourth-order valence-electron chi connectivity index (χ4n) is 1.50. The lowest BCUT2D eigenvalue weighted by atomic mass is 10.1. The molecule has 2 unspecified atom stereocenters. The zero-order chi connectivity index (χ0) is 9.19. The van der Waals surface area contributed by atoms with Crippen molar-refractivity contribution in [2.45, 2.75) is 24.8 Å². The van der Waals surface area contributed by atoms with E-state index in [1.54, 1.807) is 0 Å². The van der Waals surface area contributed by atoms with Gasteiger partial charge in [0.05, 0.1) is 13.5 Å². The largest absolute Gasteiger partial charge is 0.469 e. The predicted molar refractivity (Wildman–Crippen MR) is 43.4 cm³/mol. The SMILES string of the molecule is COC(=O)CC1(N)CC1CCO. The Morgan fingerprint density at radius 2 is 2.50 bits per heavy atom. The third kappa shape index (κ3) is 1.95. The van der Waals surface area contributed by atoms with Gasteiger partial charge in [0.15, 0.2) is 0 Å². The maximum absolute atomic E-state index is 10.9. The molecule has 1 fully saturated rings. The lowest BCUT2D eigenvalue weighted by molar-refractivity contribution is -0.141. The Balaban J connectivity index is 2.30. The van der Waals surface area contributed by atoms with E-state index in [0.29, 0.717) is 12.3 Å². The van der Waals surface area contributed by atoms with E-state index in [0.717, 1.165) is 6.42 Å². The second kappa shape index (κ2) is 3.41. The number of aliphatic hydroxyl groups is 1. The summed E-state index contributed by atoms with van der Waals surface area (Å²) in [5.74, 6) is 0.0274. The van der Waals surface area contributed by atoms with E-state index >= 15 is 0 Å². The number of ether oxygens (including phenoxy) is 1. The molecule has 4 nitrogen and oxygen atoms in total. The molecule has 0 aromatic heterocycles. The highest BCUT2D eigenvalue weighted by atomic mass is 16.5. The van der Waals surface area contributed by atoms with E-state index in [1.165, 1.54) is 7.11 Å². The van der Waals surface area contributed by atoms with Crippen molar-refractivity contribution in [2.75, 3.05) is 13.7 Å². The number of nitrogens with two attached hydrogens (primary N) is 1. The minimum absolute atomic E-state index is 0.144. The Morgan fingerprint density at radius 3 is 3.00 bits per heavy atom. The molecule has 0 aliphatic heterocycles. The number of esters is 1. The first-order chi connectivity index (χ1) is 5.62. The van der Waals surface area contributed by atoms with Crippen LogP contribution < -0.4 is 5.73 Å². The average Bonchev–Trinajstić information content (AvgIpc) is 2.62. The molecule has 70 valence electrons. The molecule has 0 bridgehead atoms. The summed E-state index contributed by atoms with van der Waals surface area (Å²) in [5.41, 5.74) is 5.45. The minimum Gasteiger partial charge on any atom is -0.469 e. The van der Waals surface area contributed by atoms with Gasteiger partial charge in [0.25, 0.3) is 0 Å². The zero-order valence-electron chi connectivity index (χ0n) is 7.25. The van der Waals surface area contributed by atoms with Gasteiger partial charge in [-0.25, -0.2) is 0 Å². The maximum atomic E-state index is 10.9. The molecule has 0 radical (unpaired) electrons. The van der Waals surface area contributed by atoms with E-state index in [2.05, 4.69) is 4.74 Å². The van der Waals surface area contributed by atoms with E-state index in [9.17, 15) is 4.79 Å². The van der Waals surface area contributed by atoms with Crippen LogP contribution >= 0.6 is 0 Å². The van der Waals surface area contributed by atoms with Crippen molar-refractivity contribution in [3.63, 3.8) is 0 Å². The number of aliphatic hydroxyl groups excluding tert-OH is 1. The monoisotopic (exact) mass is 173 g/mol. The van der Waals surface area contributed by atoms with Crippen molar-refractivity contribution in [1.82, 2.24) is 0 Å². The molecule has 3 N–H and O–H groups in total. The van der Waals surface area contributed by atoms with Gasteiger partial charge in [0.2, 0.25) is 0 Å². The van der Waals surface area contributed by atoms with Crippen molar-refractivity contribution in [3.05, 3.63) is 0 Å². The summed E-state index contributed by atoms with van der Waals surface area (Å²) < 4.78 is 4.51. The topological polar surface area (TPSA) is 72.5 Å². The molecule has 1 aliphatic rings. The van der Waals surface area contributed by atoms with Crippen molar-refractivity contribution >= 4 is 5.97 Å². The van der Waals surface area contributed by atoms with Gasteiger partial charge < -0.3 is 15.6 Å². The summed E-state index contributed by atoms with van der Waals surface area (Å²) in [6.07, 6.45) is 1.78. The summed E-state index contributed by atoms with van der Waals surface area (Å²) in [6, 6.07) is 0. The summed E-state index contributed by atoms with van der Waals surface area (Å²) in [7, 11) is 1.36. The molecule has 2 atom stereocenters. The number of hydrogen-bond donors (Lipinski definition) is 2. The Labute approximate surface area is 71.7 Å². The highest BCUT2D eigenvalue weighted by Gasteiger charge is 2.51. The lowest BCUT2D eigenvalue weighted by Gasteiger charge is -2.08. The Kier molecular flexibility index (Phi) is 2.69. The molecule has 0 spiro atoms. The van der Waals surface area contributed by atoms with E-state index in [-0.39, 0.29) is 19.0 Å². The number of carbonyl (C=O) groups excluding carboxylic acids is 1. The predicted octanol–water partition coefficient (Wildman–Crippen LogP) is -0.351. The van der Waals surface area contributed by atoms with E-state index in [1.807, 2.05) is 0 Å². The standard InChI is InChI=1S/C8H15NO3/c1-12-7(11)5-8(9)4-6(8)2-3-10/h6,10H,2-5,9H2,1H3. The molecule has 0 aromatic carbocycles. The van der Waals surface area contributed by atoms with E-state index in [4.69, 9.17) is 10.8 Å². The quantitative estimate of drug-likeness (QED) is 0.570. The normalized spacial score (nSPS) is 33.1. The fraction of sp³-hybridized carbons (Fsp3) is 0.875. The van der Waals surface area contributed by atoms with Gasteiger partial charge in [-0.3, -0.25) is 4.79 Å². The molecule has 4 heteroatoms. The average molecular weight is 173 g/mol. The van der Waals surface area contributed by atoms with Crippen LogP contribution in [0.2, 0.25) is 0 Å². The highest BCUT2D eigenvalue weighted by molar-refractivity contribution is 5.71. The number of methoxy groups -OCH3 is 1. The Hall–Kier alpha value is -0.610. The Morgan fingerprint density at radius 1 is 1.83 bits per heavy atom. The second-order valence-electron chi connectivity index (χ2n) is 3.40. The molecule has 1 aliphatic carbocycles. The van der Waals surface area contributed by atoms with Crippen molar-refractivity contribution in [3.8, 4) is 0 Å². The van der Waals surface area contributed by atoms with Crippen LogP contribution in [0.4, 0.5) is 0 Å². The van der Waals surface area contributed by atoms with Crippen LogP contribution in [0.1, 0.15) is 19.3 Å². The third-order valence-electron chi connectivity index (χ3n) is 2.46. The summed E-state index contributed by atoms with van der Waals surface area (Å²) in [4.78, 5) is 10.9. The zero-order valence-corrected chi connectivity index (χ0v) is 7.25. The van der Waals surface area contributed by atoms with Gasteiger partial charge in [-0.1, -0.05) is 0 Å². The van der Waals surface area contributed by atoms with Crippen LogP contribution in [0.25, 0.3) is 0 Å². The van der Waals surface area contributed by atoms with E-state index < -0.39 is 5.54 Å². The van der Waals surface area contributed by atoms with Gasteiger partial charge in [-0.15, -0.1) is 0 Å². The molecule has 1 saturated carbocycles. The first-order valence-corrected chi connectivity index (χ1v) is 4.09. The summed E-state index contributed by atoms with van der Waals surface area (Å²) in [5, 5.41) is 8.63. The molecule has 0 heterocycles. The molecule has 0 amide bonds. The van der Waals surface area contributed by atoms with Crippen molar-refractivity contribution < 1.29 is 14.6 Å². The van der Waals surface area contributed by atoms with Crippen LogP contribution in [0.5, 0.6) is 0 Å². The lowest BCUT2D eigenvalue weighted by Crippen LogP contribution is -2.29. The minimum atomic E-state index is -0.393. The number of rotatable bonds is 4. The fourth-order valence-corrected chi connectivity index (χ4v) is 1.50. The van der Waals surface area contributed by atoms with Gasteiger partial charge >= 0.3 is 5.97 Å². The van der Waals surface area contributed by atoms with Crippen LogP contribution in [0.15, 0.2) is 0 Å². The smallest absolute Gasteiger partial charge is 0.307 e. The molecular weight excluding hydrogens is 158 g/mol. The third-order valence-corrected chi connectivity index (χ3v) is 2.46. The van der Waals surface area contributed by atoms with Crippen LogP contribution in [-0.4, -0.2) is 30.3 Å². The molecule has 0 aromatic rings. The Bertz CT molecular complexity index is 183. The molecular formula is C8H15NO3. The number of carbonyl (C=O) groups is 1. The van der Waals surface area contributed by atoms with Gasteiger partial charge in [0, 0.05) is 12.1 Å². The van der Waals surface area contributed by atoms with Gasteiger partial charge in [0.1, 0.15) is 0 Å². The first-order valence-electron chi connectivity index (χ1n) is 4.09.